The van der Waals surface area contributed by atoms with Gasteiger partial charge in [-0.3, -0.25) is 14.6 Å². The molecule has 0 spiro atoms. The number of hydrogen-bond acceptors (Lipinski definition) is 5. The fraction of sp³-hybridized carbons (Fsp3) is 0.280. The molecule has 1 aliphatic rings. The SMILES string of the molecule is CC(C)c1cc(=O)[nH]c(-n2nc(C3CC3)cc2NC(=O)COc2ccc3ccccc3c2)n1. The Kier molecular flexibility index (Phi) is 5.42. The summed E-state index contributed by atoms with van der Waals surface area (Å²) in [5, 5.41) is 9.63. The molecule has 2 aromatic heterocycles. The number of carbonyl (C=O) groups excluding carboxylic acids is 1. The van der Waals surface area contributed by atoms with E-state index in [1.807, 2.05) is 62.4 Å². The minimum absolute atomic E-state index is 0.0814. The number of H-pyrrole nitrogens is 1. The maximum atomic E-state index is 12.7. The Morgan fingerprint density at radius 2 is 1.94 bits per heavy atom. The van der Waals surface area contributed by atoms with Crippen LogP contribution in [-0.2, 0) is 4.79 Å². The van der Waals surface area contributed by atoms with Gasteiger partial charge in [0.2, 0.25) is 5.95 Å². The Bertz CT molecular complexity index is 1380. The second-order valence-electron chi connectivity index (χ2n) is 8.63. The summed E-state index contributed by atoms with van der Waals surface area (Å²) in [6.07, 6.45) is 2.12. The zero-order chi connectivity index (χ0) is 22.9. The van der Waals surface area contributed by atoms with Gasteiger partial charge in [0.25, 0.3) is 11.5 Å². The summed E-state index contributed by atoms with van der Waals surface area (Å²) >= 11 is 0. The van der Waals surface area contributed by atoms with Gasteiger partial charge in [-0.2, -0.15) is 9.78 Å². The van der Waals surface area contributed by atoms with Gasteiger partial charge in [-0.15, -0.1) is 0 Å². The van der Waals surface area contributed by atoms with Crippen molar-refractivity contribution in [2.24, 2.45) is 0 Å². The molecule has 0 atom stereocenters. The standard InChI is InChI=1S/C25H25N5O3/c1-15(2)20-13-23(31)28-25(26-20)30-22(12-21(29-30)17-7-8-17)27-24(32)14-33-19-10-9-16-5-3-4-6-18(16)11-19/h3-6,9-13,15,17H,7-8,14H2,1-2H3,(H,27,32)(H,26,28,31). The molecule has 1 amide bonds. The number of hydrogen-bond donors (Lipinski definition) is 2. The first kappa shape index (κ1) is 20.9. The second kappa shape index (κ2) is 8.54. The number of nitrogens with zero attached hydrogens (tertiary/aromatic N) is 3. The fourth-order valence-corrected chi connectivity index (χ4v) is 3.67. The van der Waals surface area contributed by atoms with Crippen LogP contribution in [0.2, 0.25) is 0 Å². The number of benzene rings is 2. The van der Waals surface area contributed by atoms with Crippen LogP contribution < -0.4 is 15.6 Å². The number of aromatic nitrogens is 4. The number of nitrogens with one attached hydrogen (secondary N) is 2. The van der Waals surface area contributed by atoms with Gasteiger partial charge in [-0.05, 0) is 41.7 Å². The molecule has 1 aliphatic carbocycles. The number of aromatic amines is 1. The number of carbonyl (C=O) groups is 1. The molecule has 2 heterocycles. The Morgan fingerprint density at radius 1 is 1.15 bits per heavy atom. The minimum atomic E-state index is -0.325. The zero-order valence-corrected chi connectivity index (χ0v) is 18.5. The highest BCUT2D eigenvalue weighted by atomic mass is 16.5. The maximum Gasteiger partial charge on any atom is 0.263 e. The summed E-state index contributed by atoms with van der Waals surface area (Å²) in [7, 11) is 0. The molecule has 2 aromatic carbocycles. The number of ether oxygens (including phenoxy) is 1. The van der Waals surface area contributed by atoms with Gasteiger partial charge in [-0.1, -0.05) is 44.2 Å². The van der Waals surface area contributed by atoms with Gasteiger partial charge in [0.05, 0.1) is 11.4 Å². The third kappa shape index (κ3) is 4.64. The van der Waals surface area contributed by atoms with E-state index in [1.54, 1.807) is 0 Å². The van der Waals surface area contributed by atoms with Crippen LogP contribution in [-0.4, -0.2) is 32.3 Å². The summed E-state index contributed by atoms with van der Waals surface area (Å²) in [6, 6.07) is 17.0. The lowest BCUT2D eigenvalue weighted by Crippen LogP contribution is -2.23. The van der Waals surface area contributed by atoms with Gasteiger partial charge in [0.1, 0.15) is 11.6 Å². The van der Waals surface area contributed by atoms with E-state index < -0.39 is 0 Å². The monoisotopic (exact) mass is 443 g/mol. The summed E-state index contributed by atoms with van der Waals surface area (Å²) < 4.78 is 7.21. The van der Waals surface area contributed by atoms with E-state index >= 15 is 0 Å². The van der Waals surface area contributed by atoms with Gasteiger partial charge >= 0.3 is 0 Å². The quantitative estimate of drug-likeness (QED) is 0.447. The molecule has 0 aliphatic heterocycles. The summed E-state index contributed by atoms with van der Waals surface area (Å²) in [5.74, 6) is 1.48. The highest BCUT2D eigenvalue weighted by Gasteiger charge is 2.28. The molecule has 1 fully saturated rings. The molecule has 0 saturated heterocycles. The Morgan fingerprint density at radius 3 is 2.70 bits per heavy atom. The van der Waals surface area contributed by atoms with Crippen LogP contribution in [0.25, 0.3) is 16.7 Å². The molecule has 0 unspecified atom stereocenters. The van der Waals surface area contributed by atoms with Gasteiger partial charge in [0, 0.05) is 18.1 Å². The summed E-state index contributed by atoms with van der Waals surface area (Å²) in [4.78, 5) is 32.2. The highest BCUT2D eigenvalue weighted by Crippen LogP contribution is 2.40. The third-order valence-electron chi connectivity index (χ3n) is 5.62. The van der Waals surface area contributed by atoms with Crippen molar-refractivity contribution in [1.29, 1.82) is 0 Å². The van der Waals surface area contributed by atoms with Crippen LogP contribution in [0.3, 0.4) is 0 Å². The van der Waals surface area contributed by atoms with E-state index in [1.165, 1.54) is 10.7 Å². The van der Waals surface area contributed by atoms with E-state index in [2.05, 4.69) is 20.4 Å². The molecule has 4 aromatic rings. The molecule has 0 radical (unpaired) electrons. The van der Waals surface area contributed by atoms with Crippen LogP contribution in [0.4, 0.5) is 5.82 Å². The van der Waals surface area contributed by atoms with Crippen molar-refractivity contribution in [3.8, 4) is 11.7 Å². The summed E-state index contributed by atoms with van der Waals surface area (Å²) in [6.45, 7) is 3.78. The molecular formula is C25H25N5O3. The number of fused-ring (bicyclic) bond motifs is 1. The van der Waals surface area contributed by atoms with Crippen molar-refractivity contribution in [1.82, 2.24) is 19.7 Å². The average Bonchev–Trinajstić information content (AvgIpc) is 3.57. The van der Waals surface area contributed by atoms with Gasteiger partial charge in [0.15, 0.2) is 6.61 Å². The Balaban J connectivity index is 1.36. The van der Waals surface area contributed by atoms with Crippen LogP contribution >= 0.6 is 0 Å². The van der Waals surface area contributed by atoms with Crippen LogP contribution in [0.1, 0.15) is 49.9 Å². The normalized spacial score (nSPS) is 13.4. The first-order chi connectivity index (χ1) is 16.0. The first-order valence-corrected chi connectivity index (χ1v) is 11.1. The lowest BCUT2D eigenvalue weighted by atomic mass is 10.1. The van der Waals surface area contributed by atoms with E-state index in [0.29, 0.717) is 23.2 Å². The van der Waals surface area contributed by atoms with Crippen molar-refractivity contribution >= 4 is 22.5 Å². The van der Waals surface area contributed by atoms with E-state index in [0.717, 1.165) is 29.3 Å². The molecular weight excluding hydrogens is 418 g/mol. The van der Waals surface area contributed by atoms with Crippen LogP contribution in [0, 0.1) is 0 Å². The van der Waals surface area contributed by atoms with Crippen molar-refractivity contribution in [3.05, 3.63) is 76.3 Å². The smallest absolute Gasteiger partial charge is 0.263 e. The van der Waals surface area contributed by atoms with Crippen molar-refractivity contribution in [2.75, 3.05) is 11.9 Å². The van der Waals surface area contributed by atoms with E-state index in [9.17, 15) is 9.59 Å². The molecule has 8 nitrogen and oxygen atoms in total. The number of amides is 1. The number of anilines is 1. The lowest BCUT2D eigenvalue weighted by Gasteiger charge is -2.11. The highest BCUT2D eigenvalue weighted by molar-refractivity contribution is 5.91. The van der Waals surface area contributed by atoms with Crippen molar-refractivity contribution in [2.45, 2.75) is 38.5 Å². The van der Waals surface area contributed by atoms with Crippen molar-refractivity contribution < 1.29 is 9.53 Å². The van der Waals surface area contributed by atoms with Crippen molar-refractivity contribution in [3.63, 3.8) is 0 Å². The largest absolute Gasteiger partial charge is 0.484 e. The van der Waals surface area contributed by atoms with Crippen LogP contribution in [0.5, 0.6) is 5.75 Å². The predicted octanol–water partition coefficient (Wildman–Crippen LogP) is 4.13. The Labute approximate surface area is 190 Å². The molecule has 2 N–H and O–H groups in total. The molecule has 5 rings (SSSR count). The first-order valence-electron chi connectivity index (χ1n) is 11.1. The third-order valence-corrected chi connectivity index (χ3v) is 5.62. The van der Waals surface area contributed by atoms with E-state index in [-0.39, 0.29) is 29.9 Å². The minimum Gasteiger partial charge on any atom is -0.484 e. The average molecular weight is 444 g/mol. The van der Waals surface area contributed by atoms with Gasteiger partial charge in [-0.25, -0.2) is 4.98 Å². The van der Waals surface area contributed by atoms with E-state index in [4.69, 9.17) is 4.74 Å². The molecule has 0 bridgehead atoms. The summed E-state index contributed by atoms with van der Waals surface area (Å²) in [5.41, 5.74) is 1.27. The fourth-order valence-electron chi connectivity index (χ4n) is 3.67. The molecule has 8 heteroatoms. The maximum absolute atomic E-state index is 12.7. The lowest BCUT2D eigenvalue weighted by molar-refractivity contribution is -0.118. The zero-order valence-electron chi connectivity index (χ0n) is 18.5. The molecule has 168 valence electrons. The Hall–Kier alpha value is -3.94. The van der Waals surface area contributed by atoms with Gasteiger partial charge < -0.3 is 10.1 Å². The second-order valence-corrected chi connectivity index (χ2v) is 8.63. The predicted molar refractivity (Wildman–Crippen MR) is 126 cm³/mol. The molecule has 1 saturated carbocycles. The molecule has 33 heavy (non-hydrogen) atoms. The van der Waals surface area contributed by atoms with Crippen LogP contribution in [0.15, 0.2) is 59.4 Å². The number of rotatable bonds is 7. The topological polar surface area (TPSA) is 102 Å².